The summed E-state index contributed by atoms with van der Waals surface area (Å²) in [5.41, 5.74) is 2.47. The van der Waals surface area contributed by atoms with Gasteiger partial charge in [-0.3, -0.25) is 9.78 Å². The van der Waals surface area contributed by atoms with E-state index in [1.165, 1.54) is 6.08 Å². The van der Waals surface area contributed by atoms with Gasteiger partial charge in [0.25, 0.3) is 0 Å². The molecule has 5 nitrogen and oxygen atoms in total. The number of carbonyl (C=O) groups excluding carboxylic acids is 1. The number of oxazole rings is 1. The van der Waals surface area contributed by atoms with Crippen LogP contribution in [0, 0.1) is 0 Å². The lowest BCUT2D eigenvalue weighted by molar-refractivity contribution is -0.111. The van der Waals surface area contributed by atoms with E-state index < -0.39 is 5.76 Å². The summed E-state index contributed by atoms with van der Waals surface area (Å²) in [6.07, 6.45) is 3.17. The van der Waals surface area contributed by atoms with Gasteiger partial charge in [-0.15, -0.1) is 0 Å². The number of rotatable bonds is 3. The molecule has 3 aromatic rings. The quantitative estimate of drug-likeness (QED) is 0.703. The van der Waals surface area contributed by atoms with Gasteiger partial charge in [0, 0.05) is 16.2 Å². The third-order valence-corrected chi connectivity index (χ3v) is 3.73. The van der Waals surface area contributed by atoms with E-state index >= 15 is 0 Å². The van der Waals surface area contributed by atoms with Crippen LogP contribution in [0.4, 0.5) is 5.69 Å². The molecule has 3 rings (SSSR count). The predicted molar refractivity (Wildman–Crippen MR) is 88.6 cm³/mol. The molecule has 110 valence electrons. The number of fused-ring (bicyclic) bond motifs is 1. The molecule has 0 saturated carbocycles. The van der Waals surface area contributed by atoms with Crippen LogP contribution >= 0.6 is 15.9 Å². The van der Waals surface area contributed by atoms with Gasteiger partial charge in [-0.25, -0.2) is 4.79 Å². The minimum Gasteiger partial charge on any atom is -0.408 e. The zero-order chi connectivity index (χ0) is 15.5. The van der Waals surface area contributed by atoms with Crippen LogP contribution < -0.4 is 11.1 Å². The maximum Gasteiger partial charge on any atom is 0.417 e. The molecule has 2 aromatic carbocycles. The number of nitrogens with one attached hydrogen (secondary N) is 2. The van der Waals surface area contributed by atoms with Gasteiger partial charge in [-0.1, -0.05) is 34.1 Å². The summed E-state index contributed by atoms with van der Waals surface area (Å²) in [5, 5.41) is 2.73. The highest BCUT2D eigenvalue weighted by Gasteiger charge is 2.04. The van der Waals surface area contributed by atoms with Crippen molar-refractivity contribution < 1.29 is 9.21 Å². The summed E-state index contributed by atoms with van der Waals surface area (Å²) >= 11 is 3.42. The Balaban J connectivity index is 1.75. The summed E-state index contributed by atoms with van der Waals surface area (Å²) in [5.74, 6) is -0.784. The molecule has 0 spiro atoms. The highest BCUT2D eigenvalue weighted by molar-refractivity contribution is 9.10. The number of hydrogen-bond acceptors (Lipinski definition) is 3. The van der Waals surface area contributed by atoms with Crippen LogP contribution in [-0.2, 0) is 4.79 Å². The second-order valence-electron chi connectivity index (χ2n) is 4.57. The number of aromatic nitrogens is 1. The highest BCUT2D eigenvalue weighted by Crippen LogP contribution is 2.18. The van der Waals surface area contributed by atoms with E-state index in [0.29, 0.717) is 16.8 Å². The van der Waals surface area contributed by atoms with Gasteiger partial charge in [-0.2, -0.15) is 0 Å². The summed E-state index contributed by atoms with van der Waals surface area (Å²) in [7, 11) is 0. The molecule has 0 aliphatic rings. The van der Waals surface area contributed by atoms with Crippen LogP contribution in [0.25, 0.3) is 17.2 Å². The fourth-order valence-corrected chi connectivity index (χ4v) is 2.41. The van der Waals surface area contributed by atoms with E-state index in [0.717, 1.165) is 10.0 Å². The molecule has 0 fully saturated rings. The van der Waals surface area contributed by atoms with Crippen molar-refractivity contribution in [3.8, 4) is 0 Å². The summed E-state index contributed by atoms with van der Waals surface area (Å²) in [4.78, 5) is 25.6. The summed E-state index contributed by atoms with van der Waals surface area (Å²) in [6.45, 7) is 0. The Bertz CT molecular complexity index is 924. The Morgan fingerprint density at radius 2 is 2.05 bits per heavy atom. The number of carbonyl (C=O) groups is 1. The number of H-pyrrole nitrogens is 1. The zero-order valence-corrected chi connectivity index (χ0v) is 12.9. The van der Waals surface area contributed by atoms with Gasteiger partial charge >= 0.3 is 5.76 Å². The second kappa shape index (κ2) is 6.03. The molecular formula is C16H11BrN2O3. The SMILES string of the molecule is O=C(/C=C/c1ccccc1Br)Nc1ccc2oc(=O)[nH]c2c1. The smallest absolute Gasteiger partial charge is 0.408 e. The standard InChI is InChI=1S/C16H11BrN2O3/c17-12-4-2-1-3-10(12)5-8-15(20)18-11-6-7-14-13(9-11)19-16(21)22-14/h1-9H,(H,18,20)(H,19,21)/b8-5+. The average molecular weight is 359 g/mol. The molecule has 0 unspecified atom stereocenters. The number of halogens is 1. The van der Waals surface area contributed by atoms with E-state index in [2.05, 4.69) is 26.2 Å². The molecule has 0 radical (unpaired) electrons. The second-order valence-corrected chi connectivity index (χ2v) is 5.42. The lowest BCUT2D eigenvalue weighted by Crippen LogP contribution is -2.07. The predicted octanol–water partition coefficient (Wildman–Crippen LogP) is 3.54. The van der Waals surface area contributed by atoms with Crippen LogP contribution in [0.15, 0.2) is 62.2 Å². The number of aromatic amines is 1. The Labute approximate surface area is 133 Å². The first-order valence-electron chi connectivity index (χ1n) is 6.48. The molecule has 0 aliphatic carbocycles. The number of hydrogen-bond donors (Lipinski definition) is 2. The fourth-order valence-electron chi connectivity index (χ4n) is 1.99. The first kappa shape index (κ1) is 14.3. The minimum atomic E-state index is -0.521. The molecule has 0 bridgehead atoms. The van der Waals surface area contributed by atoms with E-state index in [1.807, 2.05) is 24.3 Å². The van der Waals surface area contributed by atoms with Gasteiger partial charge in [-0.05, 0) is 35.9 Å². The van der Waals surface area contributed by atoms with Crippen molar-refractivity contribution in [3.05, 3.63) is 69.1 Å². The maximum absolute atomic E-state index is 11.9. The Kier molecular flexibility index (Phi) is 3.93. The molecule has 0 saturated heterocycles. The maximum atomic E-state index is 11.9. The van der Waals surface area contributed by atoms with E-state index in [1.54, 1.807) is 24.3 Å². The average Bonchev–Trinajstić information content (AvgIpc) is 2.86. The summed E-state index contributed by atoms with van der Waals surface area (Å²) in [6, 6.07) is 12.5. The largest absolute Gasteiger partial charge is 0.417 e. The van der Waals surface area contributed by atoms with E-state index in [-0.39, 0.29) is 5.91 Å². The number of benzene rings is 2. The van der Waals surface area contributed by atoms with Crippen molar-refractivity contribution in [2.75, 3.05) is 5.32 Å². The molecule has 0 atom stereocenters. The fraction of sp³-hybridized carbons (Fsp3) is 0. The number of anilines is 1. The Morgan fingerprint density at radius 3 is 2.86 bits per heavy atom. The number of amides is 1. The molecule has 1 amide bonds. The lowest BCUT2D eigenvalue weighted by atomic mass is 10.2. The first-order chi connectivity index (χ1) is 10.6. The van der Waals surface area contributed by atoms with Crippen molar-refractivity contribution in [1.82, 2.24) is 4.98 Å². The Morgan fingerprint density at radius 1 is 1.23 bits per heavy atom. The lowest BCUT2D eigenvalue weighted by Gasteiger charge is -2.02. The highest BCUT2D eigenvalue weighted by atomic mass is 79.9. The van der Waals surface area contributed by atoms with Gasteiger partial charge in [0.15, 0.2) is 5.58 Å². The normalized spacial score (nSPS) is 11.1. The van der Waals surface area contributed by atoms with Crippen molar-refractivity contribution in [2.45, 2.75) is 0 Å². The molecule has 1 aromatic heterocycles. The molecule has 22 heavy (non-hydrogen) atoms. The van der Waals surface area contributed by atoms with E-state index in [4.69, 9.17) is 4.42 Å². The topological polar surface area (TPSA) is 75.1 Å². The van der Waals surface area contributed by atoms with Crippen LogP contribution in [0.2, 0.25) is 0 Å². The molecule has 2 N–H and O–H groups in total. The zero-order valence-electron chi connectivity index (χ0n) is 11.3. The van der Waals surface area contributed by atoms with Gasteiger partial charge in [0.1, 0.15) is 0 Å². The van der Waals surface area contributed by atoms with Gasteiger partial charge in [0.2, 0.25) is 5.91 Å². The van der Waals surface area contributed by atoms with Crippen LogP contribution in [0.3, 0.4) is 0 Å². The van der Waals surface area contributed by atoms with Crippen molar-refractivity contribution in [1.29, 1.82) is 0 Å². The van der Waals surface area contributed by atoms with Crippen molar-refractivity contribution >= 4 is 44.7 Å². The Hall–Kier alpha value is -2.60. The van der Waals surface area contributed by atoms with Crippen molar-refractivity contribution in [2.24, 2.45) is 0 Å². The third kappa shape index (κ3) is 3.17. The molecule has 0 aliphatic heterocycles. The monoisotopic (exact) mass is 358 g/mol. The van der Waals surface area contributed by atoms with Gasteiger partial charge < -0.3 is 9.73 Å². The minimum absolute atomic E-state index is 0.263. The molecule has 1 heterocycles. The van der Waals surface area contributed by atoms with Crippen LogP contribution in [-0.4, -0.2) is 10.9 Å². The van der Waals surface area contributed by atoms with Crippen LogP contribution in [0.5, 0.6) is 0 Å². The van der Waals surface area contributed by atoms with Gasteiger partial charge in [0.05, 0.1) is 5.52 Å². The molecule has 6 heteroatoms. The molecular weight excluding hydrogens is 348 g/mol. The first-order valence-corrected chi connectivity index (χ1v) is 7.27. The van der Waals surface area contributed by atoms with Crippen LogP contribution in [0.1, 0.15) is 5.56 Å². The third-order valence-electron chi connectivity index (χ3n) is 3.01. The van der Waals surface area contributed by atoms with Crippen molar-refractivity contribution in [3.63, 3.8) is 0 Å². The van der Waals surface area contributed by atoms with E-state index in [9.17, 15) is 9.59 Å². The summed E-state index contributed by atoms with van der Waals surface area (Å²) < 4.78 is 5.82.